The second-order valence-electron chi connectivity index (χ2n) is 15.9. The highest BCUT2D eigenvalue weighted by atomic mass is 16.5. The topological polar surface area (TPSA) is 140 Å². The van der Waals surface area contributed by atoms with Gasteiger partial charge in [0.1, 0.15) is 11.5 Å². The van der Waals surface area contributed by atoms with E-state index in [2.05, 4.69) is 10.6 Å². The summed E-state index contributed by atoms with van der Waals surface area (Å²) in [4.78, 5) is 39.3. The number of esters is 1. The maximum Gasteiger partial charge on any atom is 0.311 e. The average Bonchev–Trinajstić information content (AvgIpc) is 3.19. The molecule has 3 unspecified atom stereocenters. The lowest BCUT2D eigenvalue weighted by atomic mass is 9.86. The molecule has 0 aromatic heterocycles. The number of nitrogens with zero attached hydrogens (tertiary/aromatic N) is 2. The molecule has 3 aliphatic rings. The van der Waals surface area contributed by atoms with Crippen molar-refractivity contribution in [1.29, 1.82) is 0 Å². The van der Waals surface area contributed by atoms with Crippen LogP contribution < -0.4 is 20.1 Å². The zero-order valence-corrected chi connectivity index (χ0v) is 29.1. The number of benzene rings is 1. The number of carbonyl (C=O) groups excluding carboxylic acids is 3. The average molecular weight is 629 g/mol. The number of ether oxygens (including phenoxy) is 2. The highest BCUT2D eigenvalue weighted by Crippen LogP contribution is 2.45. The van der Waals surface area contributed by atoms with Crippen LogP contribution in [0.25, 0.3) is 0 Å². The number of amides is 2. The van der Waals surface area contributed by atoms with Gasteiger partial charge in [-0.15, -0.1) is 20.5 Å². The van der Waals surface area contributed by atoms with Gasteiger partial charge in [0.05, 0.1) is 29.6 Å². The van der Waals surface area contributed by atoms with Gasteiger partial charge in [0, 0.05) is 29.5 Å². The van der Waals surface area contributed by atoms with E-state index in [-0.39, 0.29) is 36.7 Å². The number of rotatable bonds is 7. The van der Waals surface area contributed by atoms with E-state index in [1.54, 1.807) is 6.92 Å². The molecule has 250 valence electrons. The zero-order valence-electron chi connectivity index (χ0n) is 29.1. The molecule has 1 aromatic carbocycles. The van der Waals surface area contributed by atoms with Gasteiger partial charge in [-0.2, -0.15) is 0 Å². The number of hydrogen-bond donors (Lipinski definition) is 2. The SMILES string of the molecule is Cc1c(C)c2c(c(C)c1OC(=O)CCC(=O)NC1CC(C)(C)N([O])C1(C)C)CCC(C)(C(=O)NC1CC(C)(C)N([O])C1(C)C)O2. The van der Waals surface area contributed by atoms with Gasteiger partial charge in [-0.05, 0) is 119 Å². The molecule has 3 aliphatic heterocycles. The smallest absolute Gasteiger partial charge is 0.311 e. The molecule has 11 nitrogen and oxygen atoms in total. The van der Waals surface area contributed by atoms with Crippen molar-refractivity contribution in [2.75, 3.05) is 0 Å². The van der Waals surface area contributed by atoms with Crippen molar-refractivity contribution in [2.45, 2.75) is 161 Å². The predicted octanol–water partition coefficient (Wildman–Crippen LogP) is 4.57. The summed E-state index contributed by atoms with van der Waals surface area (Å²) in [6.07, 6.45) is 1.84. The summed E-state index contributed by atoms with van der Waals surface area (Å²) >= 11 is 0. The lowest BCUT2D eigenvalue weighted by molar-refractivity contribution is -0.246. The van der Waals surface area contributed by atoms with Gasteiger partial charge in [0.2, 0.25) is 5.91 Å². The molecule has 4 rings (SSSR count). The maximum absolute atomic E-state index is 13.6. The minimum atomic E-state index is -1.13. The second-order valence-corrected chi connectivity index (χ2v) is 15.9. The van der Waals surface area contributed by atoms with E-state index in [1.165, 1.54) is 0 Å². The van der Waals surface area contributed by atoms with E-state index in [0.717, 1.165) is 32.4 Å². The first-order valence-electron chi connectivity index (χ1n) is 16.0. The van der Waals surface area contributed by atoms with E-state index in [0.29, 0.717) is 37.2 Å². The normalized spacial score (nSPS) is 28.2. The van der Waals surface area contributed by atoms with Crippen LogP contribution in [0.15, 0.2) is 0 Å². The highest BCUT2D eigenvalue weighted by molar-refractivity contribution is 5.86. The van der Waals surface area contributed by atoms with Gasteiger partial charge in [-0.1, -0.05) is 0 Å². The van der Waals surface area contributed by atoms with E-state index >= 15 is 0 Å². The standard InChI is InChI=1S/C34H52N4O7/c1-19-20(2)28-22(15-16-34(12,45-28)29(41)36-24-18-31(6,7)38(43)33(24,10)11)21(3)27(19)44-26(40)14-13-25(39)35-23-17-30(4,5)37(42)32(23,8)9/h23-24H,13-18H2,1-12H3,(H,35,39)(H,36,41). The highest BCUT2D eigenvalue weighted by Gasteiger charge is 2.55. The summed E-state index contributed by atoms with van der Waals surface area (Å²) in [5.74, 6) is -0.0286. The Morgan fingerprint density at radius 1 is 0.778 bits per heavy atom. The fourth-order valence-corrected chi connectivity index (χ4v) is 7.47. The molecule has 45 heavy (non-hydrogen) atoms. The summed E-state index contributed by atoms with van der Waals surface area (Å²) in [5.41, 5.74) is -0.684. The first-order chi connectivity index (χ1) is 20.5. The predicted molar refractivity (Wildman–Crippen MR) is 167 cm³/mol. The van der Waals surface area contributed by atoms with Gasteiger partial charge in [-0.25, -0.2) is 0 Å². The van der Waals surface area contributed by atoms with E-state index in [9.17, 15) is 24.8 Å². The Morgan fingerprint density at radius 3 is 1.78 bits per heavy atom. The summed E-state index contributed by atoms with van der Waals surface area (Å²) in [6.45, 7) is 22.2. The first-order valence-corrected chi connectivity index (χ1v) is 16.0. The van der Waals surface area contributed by atoms with Crippen molar-refractivity contribution in [3.05, 3.63) is 22.3 Å². The van der Waals surface area contributed by atoms with Crippen molar-refractivity contribution in [3.63, 3.8) is 0 Å². The Hall–Kier alpha value is -2.73. The third-order valence-electron chi connectivity index (χ3n) is 10.6. The molecule has 2 N–H and O–H groups in total. The van der Waals surface area contributed by atoms with Gasteiger partial charge in [0.15, 0.2) is 5.60 Å². The minimum absolute atomic E-state index is 0.0532. The van der Waals surface area contributed by atoms with Crippen molar-refractivity contribution in [2.24, 2.45) is 0 Å². The number of nitrogens with one attached hydrogen (secondary N) is 2. The molecule has 0 bridgehead atoms. The third kappa shape index (κ3) is 6.21. The van der Waals surface area contributed by atoms with Gasteiger partial charge in [0.25, 0.3) is 5.91 Å². The Bertz CT molecular complexity index is 1380. The minimum Gasteiger partial charge on any atom is -0.477 e. The van der Waals surface area contributed by atoms with Crippen LogP contribution in [0.5, 0.6) is 11.5 Å². The van der Waals surface area contributed by atoms with Crippen LogP contribution in [-0.2, 0) is 31.2 Å². The van der Waals surface area contributed by atoms with E-state index < -0.39 is 33.7 Å². The lowest BCUT2D eigenvalue weighted by Crippen LogP contribution is -2.58. The molecule has 0 saturated carbocycles. The van der Waals surface area contributed by atoms with E-state index in [4.69, 9.17) is 9.47 Å². The number of carbonyl (C=O) groups is 3. The maximum atomic E-state index is 13.6. The van der Waals surface area contributed by atoms with Crippen LogP contribution >= 0.6 is 0 Å². The zero-order chi connectivity index (χ0) is 34.1. The number of hydrogen-bond acceptors (Lipinski definition) is 7. The summed E-state index contributed by atoms with van der Waals surface area (Å²) in [5, 5.41) is 33.7. The fourth-order valence-electron chi connectivity index (χ4n) is 7.47. The van der Waals surface area contributed by atoms with Gasteiger partial charge in [-0.3, -0.25) is 14.4 Å². The molecule has 2 radical (unpaired) electrons. The molecule has 2 saturated heterocycles. The molecule has 0 aliphatic carbocycles. The van der Waals surface area contributed by atoms with Crippen LogP contribution in [0, 0.1) is 20.8 Å². The summed E-state index contributed by atoms with van der Waals surface area (Å²) < 4.78 is 12.3. The van der Waals surface area contributed by atoms with Crippen molar-refractivity contribution < 1.29 is 34.3 Å². The largest absolute Gasteiger partial charge is 0.477 e. The van der Waals surface area contributed by atoms with Crippen LogP contribution in [0.4, 0.5) is 0 Å². The van der Waals surface area contributed by atoms with Crippen LogP contribution in [0.3, 0.4) is 0 Å². The molecule has 3 atom stereocenters. The third-order valence-corrected chi connectivity index (χ3v) is 10.6. The number of fused-ring (bicyclic) bond motifs is 1. The van der Waals surface area contributed by atoms with Crippen molar-refractivity contribution >= 4 is 17.8 Å². The van der Waals surface area contributed by atoms with Crippen LogP contribution in [0.2, 0.25) is 0 Å². The molecular formula is C34H52N4O7. The molecule has 11 heteroatoms. The lowest BCUT2D eigenvalue weighted by Gasteiger charge is -2.39. The van der Waals surface area contributed by atoms with E-state index in [1.807, 2.05) is 76.2 Å². The molecule has 3 heterocycles. The fraction of sp³-hybridized carbons (Fsp3) is 0.735. The van der Waals surface area contributed by atoms with Crippen LogP contribution in [0.1, 0.15) is 117 Å². The first kappa shape index (κ1) is 35.1. The molecule has 2 fully saturated rings. The Kier molecular flexibility index (Phi) is 8.98. The number of hydroxylamine groups is 4. The van der Waals surface area contributed by atoms with Gasteiger partial charge < -0.3 is 20.1 Å². The second kappa shape index (κ2) is 11.5. The molecule has 1 aromatic rings. The quantitative estimate of drug-likeness (QED) is 0.333. The van der Waals surface area contributed by atoms with Crippen molar-refractivity contribution in [1.82, 2.24) is 20.8 Å². The van der Waals surface area contributed by atoms with Crippen molar-refractivity contribution in [3.8, 4) is 11.5 Å². The molecular weight excluding hydrogens is 576 g/mol. The van der Waals surface area contributed by atoms with Crippen LogP contribution in [-0.4, -0.2) is 67.8 Å². The Morgan fingerprint density at radius 2 is 1.29 bits per heavy atom. The monoisotopic (exact) mass is 628 g/mol. The Balaban J connectivity index is 1.42. The summed E-state index contributed by atoms with van der Waals surface area (Å²) in [7, 11) is 0. The molecule has 2 amide bonds. The van der Waals surface area contributed by atoms with Gasteiger partial charge >= 0.3 is 5.97 Å². The molecule has 0 spiro atoms. The Labute approximate surface area is 267 Å². The summed E-state index contributed by atoms with van der Waals surface area (Å²) in [6, 6.07) is -0.655.